The number of carbonyl (C=O) groups is 3. The molecule has 0 amide bonds. The fraction of sp³-hybridized carbons (Fsp3) is 0.625. The fourth-order valence-electron chi connectivity index (χ4n) is 0.606. The first-order valence-electron chi connectivity index (χ1n) is 4.36. The second-order valence-corrected chi connectivity index (χ2v) is 2.42. The molecule has 15 heavy (non-hydrogen) atoms. The van der Waals surface area contributed by atoms with Crippen LogP contribution < -0.4 is 5.73 Å². The molecule has 0 aliphatic rings. The van der Waals surface area contributed by atoms with Crippen LogP contribution in [-0.4, -0.2) is 31.1 Å². The highest BCUT2D eigenvalue weighted by Gasteiger charge is 2.11. The minimum atomic E-state index is -0.862. The van der Waals surface area contributed by atoms with Gasteiger partial charge in [-0.15, -0.1) is 0 Å². The van der Waals surface area contributed by atoms with E-state index in [1.165, 1.54) is 0 Å². The number of nitrogens with two attached hydrogens (primary N) is 1. The summed E-state index contributed by atoms with van der Waals surface area (Å²) in [6.07, 6.45) is -0.330. The van der Waals surface area contributed by atoms with Gasteiger partial charge in [0.15, 0.2) is 0 Å². The van der Waals surface area contributed by atoms with E-state index in [1.807, 2.05) is 0 Å². The molecule has 0 unspecified atom stereocenters. The van der Waals surface area contributed by atoms with Crippen molar-refractivity contribution < 1.29 is 28.9 Å². The van der Waals surface area contributed by atoms with Crippen molar-refractivity contribution >= 4 is 17.9 Å². The van der Waals surface area contributed by atoms with Gasteiger partial charge in [-0.25, -0.2) is 19.4 Å². The highest BCUT2D eigenvalue weighted by Crippen LogP contribution is 1.96. The minimum absolute atomic E-state index is 0.118. The van der Waals surface area contributed by atoms with Crippen molar-refractivity contribution in [1.82, 2.24) is 0 Å². The van der Waals surface area contributed by atoms with Gasteiger partial charge >= 0.3 is 17.9 Å². The van der Waals surface area contributed by atoms with Crippen molar-refractivity contribution in [2.45, 2.75) is 19.8 Å². The van der Waals surface area contributed by atoms with E-state index in [0.717, 1.165) is 0 Å². The Labute approximate surface area is 86.4 Å². The van der Waals surface area contributed by atoms with Crippen LogP contribution in [0.5, 0.6) is 0 Å². The zero-order valence-electron chi connectivity index (χ0n) is 8.36. The molecule has 7 heteroatoms. The Morgan fingerprint density at radius 3 is 2.07 bits per heavy atom. The third-order valence-electron chi connectivity index (χ3n) is 1.23. The summed E-state index contributed by atoms with van der Waals surface area (Å²) < 4.78 is 4.56. The van der Waals surface area contributed by atoms with Crippen molar-refractivity contribution in [3.05, 3.63) is 0 Å². The molecule has 0 aromatic rings. The molecule has 0 atom stereocenters. The molecule has 0 aliphatic heterocycles. The number of hydrogen-bond acceptors (Lipinski definition) is 7. The lowest BCUT2D eigenvalue weighted by Gasteiger charge is -2.02. The number of ether oxygens (including phenoxy) is 1. The SMILES string of the molecule is CCOC(=O)CCC(=O)OOC(=O)CN. The molecule has 2 N–H and O–H groups in total. The van der Waals surface area contributed by atoms with E-state index in [9.17, 15) is 14.4 Å². The van der Waals surface area contributed by atoms with Gasteiger partial charge in [-0.2, -0.15) is 0 Å². The first-order chi connectivity index (χ1) is 7.10. The molecule has 0 fully saturated rings. The molecular weight excluding hydrogens is 206 g/mol. The fourth-order valence-corrected chi connectivity index (χ4v) is 0.606. The lowest BCUT2D eigenvalue weighted by molar-refractivity contribution is -0.257. The van der Waals surface area contributed by atoms with Crippen LogP contribution >= 0.6 is 0 Å². The molecule has 0 aliphatic carbocycles. The summed E-state index contributed by atoms with van der Waals surface area (Å²) in [6, 6.07) is 0. The third-order valence-corrected chi connectivity index (χ3v) is 1.23. The van der Waals surface area contributed by atoms with E-state index in [0.29, 0.717) is 0 Å². The van der Waals surface area contributed by atoms with Gasteiger partial charge in [-0.3, -0.25) is 4.79 Å². The molecule has 86 valence electrons. The van der Waals surface area contributed by atoms with E-state index >= 15 is 0 Å². The van der Waals surface area contributed by atoms with Gasteiger partial charge in [-0.05, 0) is 6.92 Å². The molecule has 0 aromatic heterocycles. The Hall–Kier alpha value is -1.63. The van der Waals surface area contributed by atoms with Crippen molar-refractivity contribution in [1.29, 1.82) is 0 Å². The van der Waals surface area contributed by atoms with Gasteiger partial charge in [0.1, 0.15) is 0 Å². The molecule has 0 spiro atoms. The zero-order chi connectivity index (χ0) is 11.7. The van der Waals surface area contributed by atoms with Crippen molar-refractivity contribution in [2.75, 3.05) is 13.2 Å². The van der Waals surface area contributed by atoms with E-state index in [2.05, 4.69) is 14.5 Å². The Morgan fingerprint density at radius 1 is 1.00 bits per heavy atom. The van der Waals surface area contributed by atoms with Gasteiger partial charge < -0.3 is 10.5 Å². The minimum Gasteiger partial charge on any atom is -0.466 e. The Balaban J connectivity index is 3.57. The normalized spacial score (nSPS) is 9.20. The van der Waals surface area contributed by atoms with Crippen molar-refractivity contribution in [3.63, 3.8) is 0 Å². The van der Waals surface area contributed by atoms with Gasteiger partial charge in [-0.1, -0.05) is 0 Å². The Bertz CT molecular complexity index is 239. The summed E-state index contributed by atoms with van der Waals surface area (Å²) >= 11 is 0. The largest absolute Gasteiger partial charge is 0.466 e. The molecule has 0 rings (SSSR count). The van der Waals surface area contributed by atoms with Crippen molar-refractivity contribution in [3.8, 4) is 0 Å². The van der Waals surface area contributed by atoms with Gasteiger partial charge in [0.05, 0.1) is 26.0 Å². The molecule has 7 nitrogen and oxygen atoms in total. The lowest BCUT2D eigenvalue weighted by atomic mass is 10.3. The highest BCUT2D eigenvalue weighted by molar-refractivity contribution is 5.78. The smallest absolute Gasteiger partial charge is 0.368 e. The van der Waals surface area contributed by atoms with Crippen LogP contribution in [-0.2, 0) is 28.9 Å². The van der Waals surface area contributed by atoms with Crippen LogP contribution in [0.1, 0.15) is 19.8 Å². The summed E-state index contributed by atoms with van der Waals surface area (Å²) in [5.41, 5.74) is 4.88. The van der Waals surface area contributed by atoms with Crippen molar-refractivity contribution in [2.24, 2.45) is 5.73 Å². The molecule has 0 saturated carbocycles. The second kappa shape index (κ2) is 7.74. The summed E-state index contributed by atoms with van der Waals surface area (Å²) in [6.45, 7) is 1.51. The Morgan fingerprint density at radius 2 is 1.53 bits per heavy atom. The number of esters is 1. The molecule has 0 bridgehead atoms. The van der Waals surface area contributed by atoms with Gasteiger partial charge in [0, 0.05) is 0 Å². The molecule has 0 aromatic carbocycles. The zero-order valence-corrected chi connectivity index (χ0v) is 8.36. The highest BCUT2D eigenvalue weighted by atomic mass is 17.2. The summed E-state index contributed by atoms with van der Waals surface area (Å²) in [4.78, 5) is 40.1. The first-order valence-corrected chi connectivity index (χ1v) is 4.36. The number of hydrogen-bond donors (Lipinski definition) is 1. The maximum absolute atomic E-state index is 10.8. The summed E-state index contributed by atoms with van der Waals surface area (Å²) in [7, 11) is 0. The van der Waals surface area contributed by atoms with Crippen LogP contribution in [0, 0.1) is 0 Å². The van der Waals surface area contributed by atoms with Crippen LogP contribution in [0.3, 0.4) is 0 Å². The average molecular weight is 219 g/mol. The van der Waals surface area contributed by atoms with Gasteiger partial charge in [0.25, 0.3) is 0 Å². The standard InChI is InChI=1S/C8H13NO6/c1-2-13-6(10)3-4-7(11)14-15-8(12)5-9/h2-5,9H2,1H3. The monoisotopic (exact) mass is 219 g/mol. The first kappa shape index (κ1) is 13.4. The summed E-state index contributed by atoms with van der Waals surface area (Å²) in [5, 5.41) is 0. The molecule has 0 saturated heterocycles. The Kier molecular flexibility index (Phi) is 6.90. The molecule has 0 radical (unpaired) electrons. The quantitative estimate of drug-likeness (QED) is 0.370. The van der Waals surface area contributed by atoms with E-state index in [-0.39, 0.29) is 26.0 Å². The number of carbonyl (C=O) groups excluding carboxylic acids is 3. The number of rotatable bonds is 5. The topological polar surface area (TPSA) is 105 Å². The second-order valence-electron chi connectivity index (χ2n) is 2.42. The van der Waals surface area contributed by atoms with Gasteiger partial charge in [0.2, 0.25) is 0 Å². The maximum Gasteiger partial charge on any atom is 0.368 e. The molecule has 0 heterocycles. The maximum atomic E-state index is 10.8. The van der Waals surface area contributed by atoms with E-state index in [1.54, 1.807) is 6.92 Å². The van der Waals surface area contributed by atoms with Crippen LogP contribution in [0.4, 0.5) is 0 Å². The summed E-state index contributed by atoms with van der Waals surface area (Å²) in [5.74, 6) is -2.20. The van der Waals surface area contributed by atoms with Crippen LogP contribution in [0.15, 0.2) is 0 Å². The predicted octanol–water partition coefficient (Wildman–Crippen LogP) is -0.710. The molecular formula is C8H13NO6. The average Bonchev–Trinajstić information content (AvgIpc) is 2.23. The van der Waals surface area contributed by atoms with E-state index in [4.69, 9.17) is 5.73 Å². The van der Waals surface area contributed by atoms with Crippen LogP contribution in [0.2, 0.25) is 0 Å². The third kappa shape index (κ3) is 7.44. The van der Waals surface area contributed by atoms with Crippen LogP contribution in [0.25, 0.3) is 0 Å². The lowest BCUT2D eigenvalue weighted by Crippen LogP contribution is -2.19. The van der Waals surface area contributed by atoms with E-state index < -0.39 is 17.9 Å². The predicted molar refractivity (Wildman–Crippen MR) is 47.1 cm³/mol.